The van der Waals surface area contributed by atoms with Crippen LogP contribution in [0.5, 0.6) is 0 Å². The topological polar surface area (TPSA) is 22.1 Å². The zero-order valence-corrected chi connectivity index (χ0v) is 12.2. The predicted octanol–water partition coefficient (Wildman–Crippen LogP) is 4.45. The van der Waals surface area contributed by atoms with Crippen molar-refractivity contribution >= 4 is 17.0 Å². The second kappa shape index (κ2) is 5.37. The highest BCUT2D eigenvalue weighted by Gasteiger charge is 2.27. The number of nitrogens with zero attached hydrogens (tertiary/aromatic N) is 1. The first-order valence-electron chi connectivity index (χ1n) is 7.29. The van der Waals surface area contributed by atoms with Crippen LogP contribution in [0.15, 0.2) is 42.6 Å². The summed E-state index contributed by atoms with van der Waals surface area (Å²) in [6, 6.07) is 10.5. The molecule has 0 saturated carbocycles. The Morgan fingerprint density at radius 1 is 1.30 bits per heavy atom. The zero-order valence-electron chi connectivity index (χ0n) is 12.2. The van der Waals surface area contributed by atoms with Crippen molar-refractivity contribution in [3.8, 4) is 0 Å². The van der Waals surface area contributed by atoms with Crippen molar-refractivity contribution in [1.29, 1.82) is 0 Å². The van der Waals surface area contributed by atoms with E-state index >= 15 is 0 Å². The van der Waals surface area contributed by atoms with Crippen molar-refractivity contribution in [2.24, 2.45) is 5.92 Å². The number of allylic oxidation sites excluding steroid dienone is 1. The highest BCUT2D eigenvalue weighted by atomic mass is 16.5. The highest BCUT2D eigenvalue weighted by molar-refractivity contribution is 5.80. The van der Waals surface area contributed by atoms with Crippen LogP contribution in [0, 0.1) is 5.92 Å². The van der Waals surface area contributed by atoms with E-state index < -0.39 is 0 Å². The van der Waals surface area contributed by atoms with E-state index in [1.54, 1.807) is 0 Å². The van der Waals surface area contributed by atoms with Crippen molar-refractivity contribution in [3.63, 3.8) is 0 Å². The molecule has 0 spiro atoms. The largest absolute Gasteiger partial charge is 0.376 e. The Kier molecular flexibility index (Phi) is 3.58. The number of ether oxygens (including phenoxy) is 1. The van der Waals surface area contributed by atoms with Gasteiger partial charge in [-0.05, 0) is 56.4 Å². The Morgan fingerprint density at radius 3 is 3.05 bits per heavy atom. The molecule has 1 fully saturated rings. The van der Waals surface area contributed by atoms with Crippen LogP contribution in [0.25, 0.3) is 17.0 Å². The third-order valence-corrected chi connectivity index (χ3v) is 3.92. The van der Waals surface area contributed by atoms with Crippen molar-refractivity contribution in [3.05, 3.63) is 48.2 Å². The van der Waals surface area contributed by atoms with Gasteiger partial charge in [-0.2, -0.15) is 0 Å². The minimum absolute atomic E-state index is 0.0144. The summed E-state index contributed by atoms with van der Waals surface area (Å²) in [6.45, 7) is 5.22. The van der Waals surface area contributed by atoms with E-state index in [9.17, 15) is 0 Å². The van der Waals surface area contributed by atoms with Crippen molar-refractivity contribution in [2.75, 3.05) is 6.61 Å². The molecule has 1 atom stereocenters. The summed E-state index contributed by atoms with van der Waals surface area (Å²) in [4.78, 5) is 4.35. The lowest BCUT2D eigenvalue weighted by molar-refractivity contribution is -0.0643. The van der Waals surface area contributed by atoms with Crippen LogP contribution in [0.2, 0.25) is 0 Å². The van der Waals surface area contributed by atoms with Crippen LogP contribution in [0.3, 0.4) is 0 Å². The molecule has 104 valence electrons. The van der Waals surface area contributed by atoms with Gasteiger partial charge >= 0.3 is 0 Å². The summed E-state index contributed by atoms with van der Waals surface area (Å²) in [6.07, 6.45) is 8.62. The Labute approximate surface area is 120 Å². The highest BCUT2D eigenvalue weighted by Crippen LogP contribution is 2.29. The van der Waals surface area contributed by atoms with Gasteiger partial charge in [0.05, 0.1) is 11.1 Å². The number of fused-ring (bicyclic) bond motifs is 1. The fourth-order valence-corrected chi connectivity index (χ4v) is 2.89. The first kappa shape index (κ1) is 13.3. The zero-order chi connectivity index (χ0) is 14.0. The Bertz CT molecular complexity index is 630. The second-order valence-corrected chi connectivity index (χ2v) is 6.18. The molecule has 0 bridgehead atoms. The van der Waals surface area contributed by atoms with Crippen LogP contribution in [-0.2, 0) is 4.74 Å². The van der Waals surface area contributed by atoms with Crippen LogP contribution in [0.1, 0.15) is 32.3 Å². The quantitative estimate of drug-likeness (QED) is 0.801. The van der Waals surface area contributed by atoms with Crippen molar-refractivity contribution in [1.82, 2.24) is 4.98 Å². The number of pyridine rings is 1. The smallest absolute Gasteiger partial charge is 0.0702 e. The summed E-state index contributed by atoms with van der Waals surface area (Å²) in [5, 5.41) is 1.20. The van der Waals surface area contributed by atoms with E-state index in [0.29, 0.717) is 5.92 Å². The first-order chi connectivity index (χ1) is 9.62. The van der Waals surface area contributed by atoms with Crippen LogP contribution in [0.4, 0.5) is 0 Å². The van der Waals surface area contributed by atoms with Crippen molar-refractivity contribution in [2.45, 2.75) is 32.3 Å². The molecule has 3 rings (SSSR count). The second-order valence-electron chi connectivity index (χ2n) is 6.18. The third kappa shape index (κ3) is 3.07. The lowest BCUT2D eigenvalue weighted by atomic mass is 9.88. The molecule has 1 aromatic carbocycles. The average molecular weight is 267 g/mol. The maximum Gasteiger partial charge on any atom is 0.0702 e. The molecule has 2 heteroatoms. The Morgan fingerprint density at radius 2 is 2.20 bits per heavy atom. The molecule has 1 unspecified atom stereocenters. The molecular weight excluding hydrogens is 246 g/mol. The van der Waals surface area contributed by atoms with Gasteiger partial charge in [0.15, 0.2) is 0 Å². The number of aromatic nitrogens is 1. The fraction of sp³-hybridized carbons (Fsp3) is 0.389. The fourth-order valence-electron chi connectivity index (χ4n) is 2.89. The maximum atomic E-state index is 5.76. The molecule has 1 aliphatic rings. The Balaban J connectivity index is 1.77. The van der Waals surface area contributed by atoms with Gasteiger partial charge in [-0.25, -0.2) is 0 Å². The van der Waals surface area contributed by atoms with Gasteiger partial charge in [-0.3, -0.25) is 4.98 Å². The van der Waals surface area contributed by atoms with E-state index in [2.05, 4.69) is 55.2 Å². The molecule has 2 nitrogen and oxygen atoms in total. The SMILES string of the molecule is CC1(C)CC(C=Cc2ccc3ncccc3c2)CCO1. The summed E-state index contributed by atoms with van der Waals surface area (Å²) in [7, 11) is 0. The normalized spacial score (nSPS) is 22.4. The number of benzene rings is 1. The molecule has 1 saturated heterocycles. The molecule has 2 aromatic rings. The molecule has 0 N–H and O–H groups in total. The van der Waals surface area contributed by atoms with Gasteiger partial charge in [0.2, 0.25) is 0 Å². The molecular formula is C18H21NO. The van der Waals surface area contributed by atoms with Crippen LogP contribution < -0.4 is 0 Å². The molecule has 1 aromatic heterocycles. The molecule has 20 heavy (non-hydrogen) atoms. The van der Waals surface area contributed by atoms with E-state index in [1.165, 1.54) is 10.9 Å². The van der Waals surface area contributed by atoms with Crippen LogP contribution >= 0.6 is 0 Å². The van der Waals surface area contributed by atoms with E-state index in [4.69, 9.17) is 4.74 Å². The van der Waals surface area contributed by atoms with Gasteiger partial charge in [-0.1, -0.05) is 24.3 Å². The average Bonchev–Trinajstić information content (AvgIpc) is 2.44. The summed E-state index contributed by atoms with van der Waals surface area (Å²) >= 11 is 0. The summed E-state index contributed by atoms with van der Waals surface area (Å²) in [5.74, 6) is 0.614. The number of rotatable bonds is 2. The monoisotopic (exact) mass is 267 g/mol. The van der Waals surface area contributed by atoms with E-state index in [-0.39, 0.29) is 5.60 Å². The third-order valence-electron chi connectivity index (χ3n) is 3.92. The van der Waals surface area contributed by atoms with Crippen molar-refractivity contribution < 1.29 is 4.74 Å². The standard InChI is InChI=1S/C18H21NO/c1-18(2)13-15(9-11-20-18)6-5-14-7-8-17-16(12-14)4-3-10-19-17/h3-8,10,12,15H,9,11,13H2,1-2H3. The van der Waals surface area contributed by atoms with Gasteiger partial charge in [-0.15, -0.1) is 0 Å². The molecule has 2 heterocycles. The van der Waals surface area contributed by atoms with Gasteiger partial charge in [0, 0.05) is 18.2 Å². The summed E-state index contributed by atoms with van der Waals surface area (Å²) in [5.41, 5.74) is 2.31. The summed E-state index contributed by atoms with van der Waals surface area (Å²) < 4.78 is 5.76. The molecule has 1 aliphatic heterocycles. The molecule has 0 amide bonds. The lowest BCUT2D eigenvalue weighted by Crippen LogP contribution is -2.33. The van der Waals surface area contributed by atoms with Gasteiger partial charge in [0.1, 0.15) is 0 Å². The molecule has 0 radical (unpaired) electrons. The van der Waals surface area contributed by atoms with Gasteiger partial charge < -0.3 is 4.74 Å². The number of hydrogen-bond acceptors (Lipinski definition) is 2. The predicted molar refractivity (Wildman–Crippen MR) is 83.5 cm³/mol. The maximum absolute atomic E-state index is 5.76. The van der Waals surface area contributed by atoms with Crippen LogP contribution in [-0.4, -0.2) is 17.2 Å². The number of hydrogen-bond donors (Lipinski definition) is 0. The van der Waals surface area contributed by atoms with E-state index in [0.717, 1.165) is 25.0 Å². The molecule has 0 aliphatic carbocycles. The first-order valence-corrected chi connectivity index (χ1v) is 7.29. The van der Waals surface area contributed by atoms with E-state index in [1.807, 2.05) is 12.3 Å². The minimum Gasteiger partial charge on any atom is -0.376 e. The Hall–Kier alpha value is -1.67. The van der Waals surface area contributed by atoms with Gasteiger partial charge in [0.25, 0.3) is 0 Å². The lowest BCUT2D eigenvalue weighted by Gasteiger charge is -2.34. The minimum atomic E-state index is 0.0144.